The first-order chi connectivity index (χ1) is 13.4. The van der Waals surface area contributed by atoms with Gasteiger partial charge in [-0.3, -0.25) is 9.69 Å². The molecule has 1 fully saturated rings. The minimum atomic E-state index is -0.164. The molecule has 2 aromatic carbocycles. The van der Waals surface area contributed by atoms with Crippen LogP contribution in [0.5, 0.6) is 0 Å². The molecule has 140 valence electrons. The van der Waals surface area contributed by atoms with Crippen molar-refractivity contribution >= 4 is 69.2 Å². The summed E-state index contributed by atoms with van der Waals surface area (Å²) in [7, 11) is 0. The van der Waals surface area contributed by atoms with Crippen molar-refractivity contribution in [3.63, 3.8) is 0 Å². The van der Waals surface area contributed by atoms with Crippen molar-refractivity contribution in [2.24, 2.45) is 0 Å². The van der Waals surface area contributed by atoms with Crippen molar-refractivity contribution in [3.8, 4) is 11.3 Å². The number of benzene rings is 2. The highest BCUT2D eigenvalue weighted by atomic mass is 35.5. The third kappa shape index (κ3) is 3.63. The second-order valence-electron chi connectivity index (χ2n) is 6.13. The van der Waals surface area contributed by atoms with Crippen LogP contribution in [0.2, 0.25) is 10.0 Å². The van der Waals surface area contributed by atoms with Crippen molar-refractivity contribution in [1.82, 2.24) is 0 Å². The molecule has 0 saturated carbocycles. The van der Waals surface area contributed by atoms with Gasteiger partial charge in [-0.1, -0.05) is 65.4 Å². The molecule has 0 atom stereocenters. The van der Waals surface area contributed by atoms with Crippen molar-refractivity contribution in [3.05, 3.63) is 80.9 Å². The van der Waals surface area contributed by atoms with Crippen molar-refractivity contribution in [2.75, 3.05) is 4.90 Å². The summed E-state index contributed by atoms with van der Waals surface area (Å²) in [4.78, 5) is 15.0. The van der Waals surface area contributed by atoms with Gasteiger partial charge in [-0.2, -0.15) is 0 Å². The number of anilines is 1. The molecule has 0 bridgehead atoms. The van der Waals surface area contributed by atoms with E-state index in [1.165, 1.54) is 11.8 Å². The number of furan rings is 1. The van der Waals surface area contributed by atoms with Gasteiger partial charge in [0.05, 0.1) is 15.6 Å². The van der Waals surface area contributed by atoms with Gasteiger partial charge in [0.1, 0.15) is 11.5 Å². The predicted octanol–water partition coefficient (Wildman–Crippen LogP) is 6.97. The third-order valence-corrected chi connectivity index (χ3v) is 6.11. The van der Waals surface area contributed by atoms with Crippen LogP contribution < -0.4 is 4.90 Å². The van der Waals surface area contributed by atoms with Crippen LogP contribution in [0.4, 0.5) is 5.69 Å². The largest absolute Gasteiger partial charge is 0.457 e. The predicted molar refractivity (Wildman–Crippen MR) is 121 cm³/mol. The Hall–Kier alpha value is -2.05. The Bertz CT molecular complexity index is 1140. The van der Waals surface area contributed by atoms with Gasteiger partial charge in [0.2, 0.25) is 0 Å². The maximum atomic E-state index is 12.9. The maximum Gasteiger partial charge on any atom is 0.270 e. The number of hydrogen-bond donors (Lipinski definition) is 0. The SMILES string of the molecule is Cc1ccccc1N1C(=O)/C(=C\c2ccc(-c3cc(Cl)ccc3Cl)o2)SC1=S. The zero-order chi connectivity index (χ0) is 19.8. The maximum absolute atomic E-state index is 12.9. The van der Waals surface area contributed by atoms with E-state index in [-0.39, 0.29) is 5.91 Å². The summed E-state index contributed by atoms with van der Waals surface area (Å²) in [5.74, 6) is 0.951. The molecule has 0 spiro atoms. The van der Waals surface area contributed by atoms with E-state index in [0.29, 0.717) is 36.4 Å². The number of rotatable bonds is 3. The summed E-state index contributed by atoms with van der Waals surface area (Å²) in [6.45, 7) is 1.95. The summed E-state index contributed by atoms with van der Waals surface area (Å²) in [6.07, 6.45) is 1.69. The molecular weight excluding hydrogens is 433 g/mol. The van der Waals surface area contributed by atoms with Gasteiger partial charge in [-0.05, 0) is 48.9 Å². The number of hydrogen-bond acceptors (Lipinski definition) is 4. The Morgan fingerprint density at radius 1 is 1.11 bits per heavy atom. The molecule has 1 aliphatic rings. The highest BCUT2D eigenvalue weighted by molar-refractivity contribution is 8.27. The highest BCUT2D eigenvalue weighted by Crippen LogP contribution is 2.38. The molecule has 4 rings (SSSR count). The number of aryl methyl sites for hydroxylation is 1. The molecule has 3 nitrogen and oxygen atoms in total. The summed E-state index contributed by atoms with van der Waals surface area (Å²) in [6, 6.07) is 16.4. The lowest BCUT2D eigenvalue weighted by Crippen LogP contribution is -2.28. The molecule has 1 aliphatic heterocycles. The van der Waals surface area contributed by atoms with Gasteiger partial charge >= 0.3 is 0 Å². The number of para-hydroxylation sites is 1. The van der Waals surface area contributed by atoms with Gasteiger partial charge in [0.25, 0.3) is 5.91 Å². The highest BCUT2D eigenvalue weighted by Gasteiger charge is 2.34. The first kappa shape index (κ1) is 19.3. The van der Waals surface area contributed by atoms with E-state index in [9.17, 15) is 4.79 Å². The van der Waals surface area contributed by atoms with Crippen LogP contribution in [0.1, 0.15) is 11.3 Å². The van der Waals surface area contributed by atoms with Crippen LogP contribution in [-0.4, -0.2) is 10.2 Å². The van der Waals surface area contributed by atoms with Crippen molar-refractivity contribution in [1.29, 1.82) is 0 Å². The van der Waals surface area contributed by atoms with Crippen LogP contribution in [0.25, 0.3) is 17.4 Å². The summed E-state index contributed by atoms with van der Waals surface area (Å²) < 4.78 is 6.36. The number of halogens is 2. The quantitative estimate of drug-likeness (QED) is 0.321. The fourth-order valence-electron chi connectivity index (χ4n) is 2.88. The first-order valence-corrected chi connectivity index (χ1v) is 10.3. The number of thioether (sulfide) groups is 1. The Balaban J connectivity index is 1.65. The second kappa shape index (κ2) is 7.76. The Labute approximate surface area is 181 Å². The second-order valence-corrected chi connectivity index (χ2v) is 8.65. The molecule has 0 unspecified atom stereocenters. The molecule has 7 heteroatoms. The van der Waals surface area contributed by atoms with E-state index in [1.807, 2.05) is 31.2 Å². The van der Waals surface area contributed by atoms with E-state index in [4.69, 9.17) is 39.8 Å². The molecule has 1 saturated heterocycles. The van der Waals surface area contributed by atoms with E-state index >= 15 is 0 Å². The Kier molecular flexibility index (Phi) is 5.34. The summed E-state index contributed by atoms with van der Waals surface area (Å²) >= 11 is 19.0. The molecule has 2 heterocycles. The minimum absolute atomic E-state index is 0.164. The van der Waals surface area contributed by atoms with Crippen LogP contribution >= 0.6 is 47.2 Å². The van der Waals surface area contributed by atoms with Gasteiger partial charge in [0.15, 0.2) is 4.32 Å². The average molecular weight is 446 g/mol. The number of carbonyl (C=O) groups is 1. The zero-order valence-corrected chi connectivity index (χ0v) is 17.8. The number of thiocarbonyl (C=S) groups is 1. The van der Waals surface area contributed by atoms with E-state index in [1.54, 1.807) is 41.3 Å². The lowest BCUT2D eigenvalue weighted by atomic mass is 10.2. The van der Waals surface area contributed by atoms with Crippen LogP contribution in [-0.2, 0) is 4.79 Å². The molecule has 1 amide bonds. The first-order valence-electron chi connectivity index (χ1n) is 8.33. The van der Waals surface area contributed by atoms with Gasteiger partial charge < -0.3 is 4.42 Å². The van der Waals surface area contributed by atoms with Gasteiger partial charge in [-0.15, -0.1) is 0 Å². The molecule has 28 heavy (non-hydrogen) atoms. The fourth-order valence-corrected chi connectivity index (χ4v) is 4.53. The molecule has 0 N–H and O–H groups in total. The smallest absolute Gasteiger partial charge is 0.270 e. The molecule has 3 aromatic rings. The van der Waals surface area contributed by atoms with Crippen LogP contribution in [0.15, 0.2) is 63.9 Å². The summed E-state index contributed by atoms with van der Waals surface area (Å²) in [5, 5.41) is 1.10. The average Bonchev–Trinajstić information content (AvgIpc) is 3.23. The third-order valence-electron chi connectivity index (χ3n) is 4.24. The Morgan fingerprint density at radius 3 is 2.68 bits per heavy atom. The zero-order valence-electron chi connectivity index (χ0n) is 14.6. The minimum Gasteiger partial charge on any atom is -0.457 e. The van der Waals surface area contributed by atoms with Crippen LogP contribution in [0.3, 0.4) is 0 Å². The van der Waals surface area contributed by atoms with Crippen molar-refractivity contribution < 1.29 is 9.21 Å². The fraction of sp³-hybridized carbons (Fsp3) is 0.0476. The summed E-state index contributed by atoms with van der Waals surface area (Å²) in [5.41, 5.74) is 2.47. The van der Waals surface area contributed by atoms with Gasteiger partial charge in [0, 0.05) is 16.7 Å². The monoisotopic (exact) mass is 445 g/mol. The number of amides is 1. The normalized spacial score (nSPS) is 15.7. The Morgan fingerprint density at radius 2 is 1.89 bits per heavy atom. The van der Waals surface area contributed by atoms with E-state index in [0.717, 1.165) is 11.3 Å². The number of nitrogens with zero attached hydrogens (tertiary/aromatic N) is 1. The molecule has 1 aromatic heterocycles. The lowest BCUT2D eigenvalue weighted by molar-refractivity contribution is -0.113. The molecule has 0 radical (unpaired) electrons. The van der Waals surface area contributed by atoms with Crippen LogP contribution in [0, 0.1) is 6.92 Å². The number of carbonyl (C=O) groups excluding carboxylic acids is 1. The standard InChI is InChI=1S/C21H13Cl2NO2S2/c1-12-4-2-3-5-17(12)24-20(25)19(28-21(24)27)11-14-7-9-18(26-14)15-10-13(22)6-8-16(15)23/h2-11H,1H3/b19-11+. The van der Waals surface area contributed by atoms with Crippen molar-refractivity contribution in [2.45, 2.75) is 6.92 Å². The van der Waals surface area contributed by atoms with E-state index in [2.05, 4.69) is 0 Å². The molecule has 0 aliphatic carbocycles. The topological polar surface area (TPSA) is 33.5 Å². The van der Waals surface area contributed by atoms with E-state index < -0.39 is 0 Å². The van der Waals surface area contributed by atoms with Gasteiger partial charge in [-0.25, -0.2) is 0 Å². The molecular formula is C21H13Cl2NO2S2. The lowest BCUT2D eigenvalue weighted by Gasteiger charge is -2.16.